The predicted molar refractivity (Wildman–Crippen MR) is 107 cm³/mol. The fourth-order valence-electron chi connectivity index (χ4n) is 2.65. The van der Waals surface area contributed by atoms with E-state index in [0.29, 0.717) is 0 Å². The number of carboxylic acids is 1. The summed E-state index contributed by atoms with van der Waals surface area (Å²) in [6.45, 7) is 0. The largest absolute Gasteiger partial charge is 0.476 e. The summed E-state index contributed by atoms with van der Waals surface area (Å²) in [7, 11) is -9.56. The molecule has 1 aliphatic heterocycles. The zero-order valence-electron chi connectivity index (χ0n) is 15.8. The molecule has 4 N–H and O–H groups in total. The quantitative estimate of drug-likeness (QED) is 0.218. The Morgan fingerprint density at radius 1 is 0.970 bits per heavy atom. The van der Waals surface area contributed by atoms with E-state index in [1.165, 1.54) is 0 Å². The van der Waals surface area contributed by atoms with Crippen molar-refractivity contribution in [1.82, 2.24) is 10.4 Å². The van der Waals surface area contributed by atoms with Crippen molar-refractivity contribution in [2.24, 2.45) is 15.4 Å². The second-order valence-corrected chi connectivity index (χ2v) is 9.12. The second kappa shape index (κ2) is 7.90. The molecule has 2 aromatic carbocycles. The van der Waals surface area contributed by atoms with Gasteiger partial charge in [-0.15, -0.1) is 0 Å². The molecule has 171 valence electrons. The number of aliphatic carboxylic acids is 1. The minimum absolute atomic E-state index is 0.329. The van der Waals surface area contributed by atoms with Crippen LogP contribution in [0.5, 0.6) is 0 Å². The van der Waals surface area contributed by atoms with Crippen LogP contribution in [0.1, 0.15) is 0 Å². The van der Waals surface area contributed by atoms with Crippen molar-refractivity contribution in [2.75, 3.05) is 0 Å². The summed E-state index contributed by atoms with van der Waals surface area (Å²) in [5, 5.41) is 19.7. The third-order valence-corrected chi connectivity index (χ3v) is 5.90. The zero-order chi connectivity index (χ0) is 24.8. The number of amides is 1. The molecule has 3 rings (SSSR count). The minimum Gasteiger partial charge on any atom is -0.476 e. The smallest absolute Gasteiger partial charge is 0.448 e. The number of quaternary nitrogens is 1. The first-order chi connectivity index (χ1) is 15.2. The first-order valence-electron chi connectivity index (χ1n) is 8.33. The first kappa shape index (κ1) is 23.8. The average molecular weight is 497 g/mol. The van der Waals surface area contributed by atoms with Crippen molar-refractivity contribution >= 4 is 60.7 Å². The van der Waals surface area contributed by atoms with Crippen LogP contribution in [0.4, 0.5) is 17.1 Å². The lowest BCUT2D eigenvalue weighted by Gasteiger charge is -2.15. The fourth-order valence-corrected chi connectivity index (χ4v) is 3.78. The molecule has 0 aliphatic carbocycles. The highest BCUT2D eigenvalue weighted by molar-refractivity contribution is 7.86. The molecule has 1 unspecified atom stereocenters. The van der Waals surface area contributed by atoms with E-state index in [1.54, 1.807) is 0 Å². The number of ketones is 1. The minimum atomic E-state index is -4.91. The highest BCUT2D eigenvalue weighted by atomic mass is 32.2. The van der Waals surface area contributed by atoms with E-state index in [4.69, 9.17) is 15.4 Å². The Kier molecular flexibility index (Phi) is 5.69. The van der Waals surface area contributed by atoms with Gasteiger partial charge in [0, 0.05) is 16.8 Å². The van der Waals surface area contributed by atoms with Gasteiger partial charge in [0.15, 0.2) is 5.69 Å². The van der Waals surface area contributed by atoms with E-state index in [9.17, 15) is 35.8 Å². The Hall–Kier alpha value is -3.90. The lowest BCUT2D eigenvalue weighted by atomic mass is 10.2. The number of nitrogens with zero attached hydrogens (tertiary/aromatic N) is 4. The Morgan fingerprint density at radius 3 is 2.06 bits per heavy atom. The molecule has 17 heteroatoms. The average Bonchev–Trinajstić information content (AvgIpc) is 2.98. The van der Waals surface area contributed by atoms with Crippen LogP contribution in [-0.2, 0) is 34.6 Å². The number of Topliss-reactive ketones (excluding diaryl/α,β-unsaturated/α-hetero) is 1. The summed E-state index contributed by atoms with van der Waals surface area (Å²) < 4.78 is 62.4. The third kappa shape index (κ3) is 4.38. The van der Waals surface area contributed by atoms with Crippen molar-refractivity contribution in [3.05, 3.63) is 42.5 Å². The van der Waals surface area contributed by atoms with Crippen LogP contribution in [0.2, 0.25) is 0 Å². The van der Waals surface area contributed by atoms with Crippen molar-refractivity contribution in [1.29, 1.82) is 0 Å². The standard InChI is InChI=1S/C16H10N5O10S2/c17-8-1-6-11(12(7-8)33(29,30)31)18-20-21(15(23)14(22)13(19-21)16(24)25)9-2-4-10(5-3-9)32(26,27)28/h1-7,17H,(H2-,24,25,26,27,28,29,30,31)/p+1. The summed E-state index contributed by atoms with van der Waals surface area (Å²) in [4.78, 5) is 34.7. The van der Waals surface area contributed by atoms with Crippen molar-refractivity contribution in [2.45, 2.75) is 9.79 Å². The summed E-state index contributed by atoms with van der Waals surface area (Å²) in [5.41, 5.74) is 4.94. The van der Waals surface area contributed by atoms with Gasteiger partial charge in [0.25, 0.3) is 25.9 Å². The normalized spacial score (nSPS) is 19.2. The maximum Gasteiger partial charge on any atom is 0.448 e. The third-order valence-electron chi connectivity index (χ3n) is 4.15. The van der Waals surface area contributed by atoms with Crippen LogP contribution in [0.15, 0.2) is 67.7 Å². The molecule has 0 bridgehead atoms. The van der Waals surface area contributed by atoms with Crippen molar-refractivity contribution in [3.63, 3.8) is 0 Å². The highest BCUT2D eigenvalue weighted by Gasteiger charge is 2.57. The highest BCUT2D eigenvalue weighted by Crippen LogP contribution is 2.34. The molecule has 15 nitrogen and oxygen atoms in total. The number of nitrogens with one attached hydrogen (secondary N) is 1. The van der Waals surface area contributed by atoms with Gasteiger partial charge < -0.3 is 10.8 Å². The summed E-state index contributed by atoms with van der Waals surface area (Å²) in [6.07, 6.45) is 0. The van der Waals surface area contributed by atoms with Gasteiger partial charge in [-0.25, -0.2) is 9.59 Å². The fraction of sp³-hybridized carbons (Fsp3) is 0. The number of carbonyl (C=O) groups is 3. The molecule has 1 heterocycles. The Bertz CT molecular complexity index is 1480. The molecular formula is C16H11N5O10S2+. The summed E-state index contributed by atoms with van der Waals surface area (Å²) >= 11 is 0. The van der Waals surface area contributed by atoms with E-state index >= 15 is 0 Å². The number of carbonyl (C=O) groups excluding carboxylic acids is 2. The molecule has 0 saturated heterocycles. The number of rotatable bonds is 6. The van der Waals surface area contributed by atoms with Crippen LogP contribution >= 0.6 is 0 Å². The van der Waals surface area contributed by atoms with Gasteiger partial charge in [-0.2, -0.15) is 16.8 Å². The Balaban J connectivity index is 2.26. The van der Waals surface area contributed by atoms with Gasteiger partial charge in [0.05, 0.1) is 15.8 Å². The lowest BCUT2D eigenvalue weighted by Crippen LogP contribution is -2.43. The van der Waals surface area contributed by atoms with Gasteiger partial charge in [-0.05, 0) is 35.4 Å². The summed E-state index contributed by atoms with van der Waals surface area (Å²) in [6, 6.07) is 6.12. The monoisotopic (exact) mass is 497 g/mol. The molecule has 0 saturated carbocycles. The molecular weight excluding hydrogens is 486 g/mol. The van der Waals surface area contributed by atoms with Gasteiger partial charge in [0.1, 0.15) is 10.6 Å². The van der Waals surface area contributed by atoms with Crippen LogP contribution in [-0.4, -0.2) is 54.4 Å². The Morgan fingerprint density at radius 2 is 1.58 bits per heavy atom. The van der Waals surface area contributed by atoms with Gasteiger partial charge in [-0.1, -0.05) is 5.11 Å². The molecule has 1 radical (unpaired) electrons. The lowest BCUT2D eigenvalue weighted by molar-refractivity contribution is -0.140. The Labute approximate surface area is 184 Å². The number of carboxylic acid groups (broad SMARTS) is 1. The molecule has 2 aromatic rings. The van der Waals surface area contributed by atoms with E-state index in [1.807, 2.05) is 0 Å². The first-order valence-corrected chi connectivity index (χ1v) is 11.2. The van der Waals surface area contributed by atoms with Gasteiger partial charge in [0.2, 0.25) is 0 Å². The van der Waals surface area contributed by atoms with Crippen molar-refractivity contribution < 1.29 is 45.4 Å². The molecule has 0 spiro atoms. The van der Waals surface area contributed by atoms with Gasteiger partial charge in [-0.3, -0.25) is 13.9 Å². The van der Waals surface area contributed by atoms with Crippen molar-refractivity contribution in [3.8, 4) is 0 Å². The molecule has 1 atom stereocenters. The maximum absolute atomic E-state index is 12.7. The maximum atomic E-state index is 12.7. The van der Waals surface area contributed by atoms with Crippen LogP contribution in [0.3, 0.4) is 0 Å². The predicted octanol–water partition coefficient (Wildman–Crippen LogP) is 0.650. The zero-order valence-corrected chi connectivity index (χ0v) is 17.5. The van der Waals surface area contributed by atoms with E-state index in [2.05, 4.69) is 15.4 Å². The van der Waals surface area contributed by atoms with E-state index < -0.39 is 69.5 Å². The van der Waals surface area contributed by atoms with E-state index in [0.717, 1.165) is 42.5 Å². The number of hydrogen-bond acceptors (Lipinski definition) is 10. The molecule has 1 aliphatic rings. The van der Waals surface area contributed by atoms with Crippen LogP contribution in [0.25, 0.3) is 0 Å². The second-order valence-electron chi connectivity index (χ2n) is 6.31. The SMILES string of the molecule is [NH]c1ccc(N=N[N+]2(c3ccc(S(=O)(=O)O)cc3)N=C(C(=O)O)C(=O)C2=O)c(S(=O)(=O)O)c1. The van der Waals surface area contributed by atoms with Crippen LogP contribution in [0, 0.1) is 0 Å². The molecule has 1 amide bonds. The number of hydrogen-bond donors (Lipinski definition) is 3. The molecule has 33 heavy (non-hydrogen) atoms. The molecule has 0 fully saturated rings. The molecule has 0 aromatic heterocycles. The van der Waals surface area contributed by atoms with Gasteiger partial charge >= 0.3 is 17.7 Å². The number of benzene rings is 2. The summed E-state index contributed by atoms with van der Waals surface area (Å²) in [5.74, 6) is -5.01. The van der Waals surface area contributed by atoms with E-state index in [-0.39, 0.29) is 5.69 Å². The topological polar surface area (TPSA) is 241 Å². The van der Waals surface area contributed by atoms with Crippen LogP contribution < -0.4 is 10.4 Å².